The lowest BCUT2D eigenvalue weighted by Crippen LogP contribution is -2.58. The number of ketones is 1. The smallest absolute Gasteiger partial charge is 0.307 e. The first kappa shape index (κ1) is 56.8. The van der Waals surface area contributed by atoms with Crippen molar-refractivity contribution in [3.63, 3.8) is 0 Å². The van der Waals surface area contributed by atoms with Gasteiger partial charge in [0.05, 0.1) is 26.6 Å². The molecule has 0 bridgehead atoms. The van der Waals surface area contributed by atoms with Crippen LogP contribution in [-0.2, 0) is 51.2 Å². The van der Waals surface area contributed by atoms with Gasteiger partial charge >= 0.3 is 5.97 Å². The van der Waals surface area contributed by atoms with Gasteiger partial charge in [0.25, 0.3) is 11.7 Å². The first-order chi connectivity index (χ1) is 34.5. The number of carboxylic acid groups (broad SMARTS) is 1. The van der Waals surface area contributed by atoms with Crippen LogP contribution in [0.15, 0.2) is 104 Å². The second kappa shape index (κ2) is 29.4. The topological polar surface area (TPSA) is 259 Å². The van der Waals surface area contributed by atoms with E-state index in [0.717, 1.165) is 11.1 Å². The van der Waals surface area contributed by atoms with Gasteiger partial charge in [0.1, 0.15) is 24.7 Å². The maximum Gasteiger partial charge on any atom is 0.307 e. The van der Waals surface area contributed by atoms with Crippen LogP contribution in [0.25, 0.3) is 0 Å². The maximum absolute atomic E-state index is 14.1. The van der Waals surface area contributed by atoms with Crippen LogP contribution in [-0.4, -0.2) is 139 Å². The minimum atomic E-state index is -1.17. The van der Waals surface area contributed by atoms with E-state index >= 15 is 0 Å². The van der Waals surface area contributed by atoms with Crippen LogP contribution >= 0.6 is 0 Å². The number of ether oxygens (including phenoxy) is 2. The summed E-state index contributed by atoms with van der Waals surface area (Å²) >= 11 is 0. The summed E-state index contributed by atoms with van der Waals surface area (Å²) in [5, 5.41) is 22.3. The van der Waals surface area contributed by atoms with E-state index in [1.165, 1.54) is 60.4 Å². The van der Waals surface area contributed by atoms with Crippen LogP contribution in [0.4, 0.5) is 0 Å². The third kappa shape index (κ3) is 18.5. The number of benzene rings is 3. The molecule has 2 unspecified atom stereocenters. The number of hydrogen-bond acceptors (Lipinski definition) is 11. The van der Waals surface area contributed by atoms with E-state index in [1.807, 2.05) is 60.7 Å². The molecule has 1 heterocycles. The highest BCUT2D eigenvalue weighted by molar-refractivity contribution is 6.43. The van der Waals surface area contributed by atoms with Crippen molar-refractivity contribution in [3.05, 3.63) is 120 Å². The number of methoxy groups -OCH3 is 1. The molecule has 4 atom stereocenters. The van der Waals surface area contributed by atoms with Crippen LogP contribution < -0.4 is 36.1 Å². The van der Waals surface area contributed by atoms with E-state index in [2.05, 4.69) is 33.2 Å². The van der Waals surface area contributed by atoms with Crippen molar-refractivity contribution in [1.82, 2.24) is 36.4 Å². The van der Waals surface area contributed by atoms with Crippen LogP contribution in [0.5, 0.6) is 11.5 Å². The molecule has 1 saturated heterocycles. The van der Waals surface area contributed by atoms with Crippen molar-refractivity contribution in [2.24, 2.45) is 5.92 Å². The van der Waals surface area contributed by atoms with Gasteiger partial charge in [-0.2, -0.15) is 0 Å². The number of amides is 7. The van der Waals surface area contributed by atoms with Crippen LogP contribution in [0, 0.1) is 5.92 Å². The first-order valence-corrected chi connectivity index (χ1v) is 23.9. The molecule has 6 N–H and O–H groups in total. The highest BCUT2D eigenvalue weighted by Gasteiger charge is 2.37. The molecule has 0 aliphatic carbocycles. The molecular weight excluding hydrogens is 927 g/mol. The van der Waals surface area contributed by atoms with E-state index in [1.54, 1.807) is 13.8 Å². The van der Waals surface area contributed by atoms with Gasteiger partial charge in [-0.1, -0.05) is 99.3 Å². The zero-order chi connectivity index (χ0) is 52.6. The van der Waals surface area contributed by atoms with E-state index in [4.69, 9.17) is 14.6 Å². The number of rotatable bonds is 28. The molecule has 19 heteroatoms. The third-order valence-electron chi connectivity index (χ3n) is 11.7. The van der Waals surface area contributed by atoms with E-state index in [9.17, 15) is 43.2 Å². The monoisotopic (exact) mass is 993 g/mol. The molecule has 4 rings (SSSR count). The van der Waals surface area contributed by atoms with Crippen molar-refractivity contribution >= 4 is 53.1 Å². The van der Waals surface area contributed by atoms with E-state index in [-0.39, 0.29) is 69.7 Å². The quantitative estimate of drug-likeness (QED) is 0.0349. The Morgan fingerprint density at radius 3 is 2.18 bits per heavy atom. The standard InChI is InChI=1S/C53H67N7O12/c1-6-29-72-43-31-38(24-26-42(43)71-5)49(66)53(70)60-28-16-14-21-41(60)51(68)57-40(25-23-36-17-9-7-10-18-36)50(67)55-33-44(61)58-48(35(2)3)52(69)56-39(30-37-19-11-8-12-20-37)32-46(63)59(4)34-45(62)54-27-15-13-22-47(64)65/h6-13,15,17-20,24,26,31,35,39-41,48H,1,14,16,21-23,25,27-30,32-34H2,2-5H3,(H,54,62)(H,55,67)(H,56,69)(H,57,68)(H,58,61)(H,64,65)/b15-13+/t39?,40-,41+,48?/m1/s1. The number of piperidine rings is 1. The van der Waals surface area contributed by atoms with Crippen LogP contribution in [0.2, 0.25) is 0 Å². The summed E-state index contributed by atoms with van der Waals surface area (Å²) in [4.78, 5) is 122. The van der Waals surface area contributed by atoms with Gasteiger partial charge in [0.15, 0.2) is 11.5 Å². The lowest BCUT2D eigenvalue weighted by molar-refractivity contribution is -0.140. The van der Waals surface area contributed by atoms with Gasteiger partial charge in [-0.3, -0.25) is 43.2 Å². The average molecular weight is 994 g/mol. The summed E-state index contributed by atoms with van der Waals surface area (Å²) in [5.74, 6) is -6.16. The minimum Gasteiger partial charge on any atom is -0.493 e. The Balaban J connectivity index is 1.42. The number of likely N-dealkylation sites (N-methyl/N-ethyl adjacent to an activating group) is 1. The predicted molar refractivity (Wildman–Crippen MR) is 268 cm³/mol. The zero-order valence-electron chi connectivity index (χ0n) is 41.4. The van der Waals surface area contributed by atoms with Crippen LogP contribution in [0.1, 0.15) is 73.9 Å². The number of nitrogens with one attached hydrogen (secondary N) is 5. The Bertz CT molecular complexity index is 2390. The van der Waals surface area contributed by atoms with E-state index < -0.39 is 89.7 Å². The Morgan fingerprint density at radius 1 is 0.833 bits per heavy atom. The van der Waals surface area contributed by atoms with Crippen molar-refractivity contribution < 1.29 is 57.7 Å². The summed E-state index contributed by atoms with van der Waals surface area (Å²) in [7, 11) is 2.89. The normalized spacial score (nSPS) is 14.5. The summed E-state index contributed by atoms with van der Waals surface area (Å²) in [6.07, 6.45) is 6.13. The second-order valence-corrected chi connectivity index (χ2v) is 17.6. The number of carbonyl (C=O) groups is 9. The first-order valence-electron chi connectivity index (χ1n) is 23.9. The molecule has 1 aliphatic rings. The molecule has 386 valence electrons. The minimum absolute atomic E-state index is 0.0345. The zero-order valence-corrected chi connectivity index (χ0v) is 41.4. The third-order valence-corrected chi connectivity index (χ3v) is 11.7. The molecule has 1 aliphatic heterocycles. The fourth-order valence-corrected chi connectivity index (χ4v) is 7.85. The number of carboxylic acids is 1. The summed E-state index contributed by atoms with van der Waals surface area (Å²) in [6.45, 7) is 6.55. The molecule has 7 amide bonds. The number of nitrogens with zero attached hydrogens (tertiary/aromatic N) is 2. The Kier molecular flexibility index (Phi) is 23.2. The van der Waals surface area contributed by atoms with Gasteiger partial charge in [-0.15, -0.1) is 0 Å². The van der Waals surface area contributed by atoms with Gasteiger partial charge in [-0.25, -0.2) is 0 Å². The highest BCUT2D eigenvalue weighted by atomic mass is 16.5. The molecule has 0 radical (unpaired) electrons. The van der Waals surface area contributed by atoms with Gasteiger partial charge in [0.2, 0.25) is 35.4 Å². The summed E-state index contributed by atoms with van der Waals surface area (Å²) in [5.41, 5.74) is 1.74. The number of hydrogen-bond donors (Lipinski definition) is 6. The highest BCUT2D eigenvalue weighted by Crippen LogP contribution is 2.29. The SMILES string of the molecule is C=CCOc1cc(C(=O)C(=O)N2CCCC[C@H]2C(=O)N[C@H](CCc2ccccc2)C(=O)NCC(=O)NC(C(=O)NC(CC(=O)N(C)CC(=O)NC/C=C/CC(=O)O)Cc2ccccc2)C(C)C)ccc1OC. The van der Waals surface area contributed by atoms with E-state index in [0.29, 0.717) is 25.0 Å². The fourth-order valence-electron chi connectivity index (χ4n) is 7.85. The molecule has 0 saturated carbocycles. The number of likely N-dealkylation sites (tertiary alicyclic amines) is 1. The Labute approximate surface area is 420 Å². The summed E-state index contributed by atoms with van der Waals surface area (Å²) < 4.78 is 10.9. The molecule has 3 aromatic carbocycles. The number of Topliss-reactive ketones (excluding diaryl/α,β-unsaturated/α-hetero) is 1. The Morgan fingerprint density at radius 2 is 1.53 bits per heavy atom. The number of carbonyl (C=O) groups excluding carboxylic acids is 8. The predicted octanol–water partition coefficient (Wildman–Crippen LogP) is 2.92. The molecule has 1 fully saturated rings. The average Bonchev–Trinajstić information content (AvgIpc) is 3.37. The van der Waals surface area contributed by atoms with Crippen molar-refractivity contribution in [2.75, 3.05) is 46.9 Å². The van der Waals surface area contributed by atoms with Crippen LogP contribution in [0.3, 0.4) is 0 Å². The fraction of sp³-hybridized carbons (Fsp3) is 0.415. The molecule has 3 aromatic rings. The maximum atomic E-state index is 14.1. The number of aryl methyl sites for hydroxylation is 1. The molecule has 0 aromatic heterocycles. The molecule has 19 nitrogen and oxygen atoms in total. The lowest BCUT2D eigenvalue weighted by Gasteiger charge is -2.35. The van der Waals surface area contributed by atoms with Crippen molar-refractivity contribution in [3.8, 4) is 11.5 Å². The molecular formula is C53H67N7O12. The summed E-state index contributed by atoms with van der Waals surface area (Å²) in [6, 6.07) is 18.6. The van der Waals surface area contributed by atoms with Crippen molar-refractivity contribution in [2.45, 2.75) is 89.4 Å². The largest absolute Gasteiger partial charge is 0.493 e. The number of aliphatic carboxylic acids is 1. The molecule has 72 heavy (non-hydrogen) atoms. The second-order valence-electron chi connectivity index (χ2n) is 17.6. The van der Waals surface area contributed by atoms with Gasteiger partial charge in [-0.05, 0) is 73.8 Å². The molecule has 0 spiro atoms. The lowest BCUT2D eigenvalue weighted by atomic mass is 9.98. The van der Waals surface area contributed by atoms with Crippen molar-refractivity contribution in [1.29, 1.82) is 0 Å². The van der Waals surface area contributed by atoms with Gasteiger partial charge in [0, 0.05) is 38.2 Å². The van der Waals surface area contributed by atoms with Gasteiger partial charge < -0.3 is 51.0 Å². The Hall–Kier alpha value is -7.83.